The first kappa shape index (κ1) is 34.0. The zero-order valence-electron chi connectivity index (χ0n) is 28.3. The molecule has 2 aliphatic heterocycles. The van der Waals surface area contributed by atoms with E-state index in [0.717, 1.165) is 61.7 Å². The van der Waals surface area contributed by atoms with E-state index in [1.807, 2.05) is 43.3 Å². The van der Waals surface area contributed by atoms with E-state index in [2.05, 4.69) is 46.1 Å². The molecule has 260 valence electrons. The lowest BCUT2D eigenvalue weighted by molar-refractivity contribution is -0.191. The van der Waals surface area contributed by atoms with Crippen LogP contribution in [0.25, 0.3) is 5.69 Å². The largest absolute Gasteiger partial charge is 0.491 e. The fraction of sp³-hybridized carbons (Fsp3) is 0.474. The average Bonchev–Trinajstić information content (AvgIpc) is 3.88. The fourth-order valence-corrected chi connectivity index (χ4v) is 7.91. The van der Waals surface area contributed by atoms with Crippen LogP contribution in [0.5, 0.6) is 5.75 Å². The molecule has 4 aromatic rings. The molecule has 0 spiro atoms. The minimum atomic E-state index is -0.879. The molecular weight excluding hydrogens is 661 g/mol. The topological polar surface area (TPSA) is 74.0 Å². The van der Waals surface area contributed by atoms with Gasteiger partial charge in [0.15, 0.2) is 5.79 Å². The Morgan fingerprint density at radius 2 is 1.55 bits per heavy atom. The first-order valence-corrected chi connectivity index (χ1v) is 18.3. The molecule has 1 aromatic heterocycles. The molecule has 1 saturated carbocycles. The minimum absolute atomic E-state index is 0.0724. The van der Waals surface area contributed by atoms with Crippen molar-refractivity contribution in [3.63, 3.8) is 0 Å². The third kappa shape index (κ3) is 7.36. The molecule has 0 radical (unpaired) electrons. The fourth-order valence-electron chi connectivity index (χ4n) is 7.36. The minimum Gasteiger partial charge on any atom is -0.491 e. The number of hydrogen-bond donors (Lipinski definition) is 0. The number of hydrogen-bond acceptors (Lipinski definition) is 7. The molecule has 9 nitrogen and oxygen atoms in total. The molecule has 7 rings (SSSR count). The van der Waals surface area contributed by atoms with Gasteiger partial charge < -0.3 is 24.0 Å². The molecule has 3 aromatic carbocycles. The second-order valence-electron chi connectivity index (χ2n) is 13.6. The molecule has 2 saturated heterocycles. The Bertz CT molecular complexity index is 1760. The van der Waals surface area contributed by atoms with E-state index in [4.69, 9.17) is 37.4 Å². The van der Waals surface area contributed by atoms with Crippen molar-refractivity contribution >= 4 is 34.6 Å². The van der Waals surface area contributed by atoms with Crippen molar-refractivity contribution in [3.8, 4) is 11.4 Å². The number of aromatic nitrogens is 3. The molecule has 3 aliphatic rings. The second-order valence-corrected chi connectivity index (χ2v) is 14.4. The monoisotopic (exact) mass is 705 g/mol. The maximum atomic E-state index is 12.8. The standard InChI is InChI=1S/C38H45Cl2N5O4/c1-3-27(2)45-37(46)44(26-41-45)32-11-9-30(10-12-32)42-18-20-43(21-19-42)31-13-15-33(16-14-31)47-24-34-25-48-38(49-34,23-28-6-4-5-7-28)35-17-8-29(39)22-36(35)40/h8-17,22,26-28,34H,3-7,18-21,23-25H2,1-2H3/t27?,34-,38-/m1/s1. The van der Waals surface area contributed by atoms with Crippen molar-refractivity contribution in [1.29, 1.82) is 0 Å². The number of halogens is 2. The molecule has 1 aliphatic carbocycles. The summed E-state index contributed by atoms with van der Waals surface area (Å²) in [7, 11) is 0. The summed E-state index contributed by atoms with van der Waals surface area (Å²) >= 11 is 12.9. The first-order chi connectivity index (χ1) is 23.8. The molecule has 3 heterocycles. The third-order valence-electron chi connectivity index (χ3n) is 10.3. The molecule has 1 unspecified atom stereocenters. The molecular formula is C38H45Cl2N5O4. The Kier molecular flexibility index (Phi) is 10.2. The van der Waals surface area contributed by atoms with Crippen molar-refractivity contribution in [2.75, 3.05) is 49.2 Å². The highest BCUT2D eigenvalue weighted by Crippen LogP contribution is 2.46. The Hall–Kier alpha value is -3.50. The van der Waals surface area contributed by atoms with Crippen LogP contribution in [-0.2, 0) is 15.3 Å². The van der Waals surface area contributed by atoms with Crippen LogP contribution in [0.1, 0.15) is 64.0 Å². The molecule has 3 atom stereocenters. The van der Waals surface area contributed by atoms with E-state index in [-0.39, 0.29) is 17.8 Å². The number of rotatable bonds is 11. The predicted octanol–water partition coefficient (Wildman–Crippen LogP) is 7.87. The molecule has 49 heavy (non-hydrogen) atoms. The number of nitrogens with zero attached hydrogens (tertiary/aromatic N) is 5. The Morgan fingerprint density at radius 3 is 2.18 bits per heavy atom. The van der Waals surface area contributed by atoms with Crippen LogP contribution in [0, 0.1) is 5.92 Å². The van der Waals surface area contributed by atoms with Crippen molar-refractivity contribution < 1.29 is 14.2 Å². The maximum absolute atomic E-state index is 12.8. The SMILES string of the molecule is CCC(C)n1ncn(-c2ccc(N3CCN(c4ccc(OC[C@@H]5CO[C@@](CC6CCCC6)(c6ccc(Cl)cc6Cl)O5)cc4)CC3)cc2)c1=O. The number of benzene rings is 3. The van der Waals surface area contributed by atoms with Gasteiger partial charge in [0.05, 0.1) is 23.4 Å². The first-order valence-electron chi connectivity index (χ1n) is 17.6. The van der Waals surface area contributed by atoms with Gasteiger partial charge in [-0.1, -0.05) is 61.9 Å². The highest BCUT2D eigenvalue weighted by Gasteiger charge is 2.46. The summed E-state index contributed by atoms with van der Waals surface area (Å²) in [5, 5.41) is 5.47. The van der Waals surface area contributed by atoms with Gasteiger partial charge in [-0.05, 0) is 79.9 Å². The van der Waals surface area contributed by atoms with Gasteiger partial charge in [0.2, 0.25) is 0 Å². The molecule has 11 heteroatoms. The van der Waals surface area contributed by atoms with Crippen molar-refractivity contribution in [2.45, 2.75) is 70.3 Å². The third-order valence-corrected chi connectivity index (χ3v) is 10.9. The second kappa shape index (κ2) is 14.8. The number of anilines is 2. The van der Waals surface area contributed by atoms with Crippen LogP contribution in [0.4, 0.5) is 11.4 Å². The van der Waals surface area contributed by atoms with Crippen molar-refractivity contribution in [1.82, 2.24) is 14.3 Å². The van der Waals surface area contributed by atoms with Gasteiger partial charge in [-0.3, -0.25) is 0 Å². The highest BCUT2D eigenvalue weighted by molar-refractivity contribution is 6.35. The lowest BCUT2D eigenvalue weighted by Gasteiger charge is -2.37. The van der Waals surface area contributed by atoms with E-state index in [0.29, 0.717) is 29.2 Å². The molecule has 3 fully saturated rings. The van der Waals surface area contributed by atoms with Gasteiger partial charge in [-0.2, -0.15) is 5.10 Å². The molecule has 0 amide bonds. The van der Waals surface area contributed by atoms with E-state index in [1.165, 1.54) is 31.4 Å². The van der Waals surface area contributed by atoms with Crippen LogP contribution < -0.4 is 20.2 Å². The van der Waals surface area contributed by atoms with Crippen molar-refractivity contribution in [2.24, 2.45) is 5.92 Å². The van der Waals surface area contributed by atoms with Gasteiger partial charge in [0.25, 0.3) is 0 Å². The predicted molar refractivity (Wildman–Crippen MR) is 195 cm³/mol. The van der Waals surface area contributed by atoms with Crippen LogP contribution >= 0.6 is 23.2 Å². The summed E-state index contributed by atoms with van der Waals surface area (Å²) in [6.45, 7) is 8.53. The number of ether oxygens (including phenoxy) is 3. The van der Waals surface area contributed by atoms with Crippen LogP contribution in [0.2, 0.25) is 10.0 Å². The van der Waals surface area contributed by atoms with Crippen LogP contribution in [-0.4, -0.2) is 59.8 Å². The lowest BCUT2D eigenvalue weighted by atomic mass is 9.92. The summed E-state index contributed by atoms with van der Waals surface area (Å²) < 4.78 is 22.4. The van der Waals surface area contributed by atoms with E-state index < -0.39 is 5.79 Å². The highest BCUT2D eigenvalue weighted by atomic mass is 35.5. The zero-order valence-corrected chi connectivity index (χ0v) is 29.8. The molecule has 0 bridgehead atoms. The zero-order chi connectivity index (χ0) is 34.0. The Morgan fingerprint density at radius 1 is 0.918 bits per heavy atom. The van der Waals surface area contributed by atoms with Gasteiger partial charge in [0, 0.05) is 54.6 Å². The molecule has 0 N–H and O–H groups in total. The van der Waals surface area contributed by atoms with E-state index in [1.54, 1.807) is 21.6 Å². The normalized spacial score (nSPS) is 22.2. The van der Waals surface area contributed by atoms with Gasteiger partial charge in [-0.15, -0.1) is 0 Å². The number of piperazine rings is 1. The van der Waals surface area contributed by atoms with Crippen LogP contribution in [0.3, 0.4) is 0 Å². The summed E-state index contributed by atoms with van der Waals surface area (Å²) in [6, 6.07) is 22.1. The Balaban J connectivity index is 0.918. The van der Waals surface area contributed by atoms with Gasteiger partial charge in [0.1, 0.15) is 24.8 Å². The smallest absolute Gasteiger partial charge is 0.350 e. The quantitative estimate of drug-likeness (QED) is 0.157. The van der Waals surface area contributed by atoms with Gasteiger partial charge >= 0.3 is 5.69 Å². The summed E-state index contributed by atoms with van der Waals surface area (Å²) in [6.07, 6.45) is 7.91. The van der Waals surface area contributed by atoms with E-state index in [9.17, 15) is 4.79 Å². The summed E-state index contributed by atoms with van der Waals surface area (Å²) in [5.74, 6) is 0.470. The van der Waals surface area contributed by atoms with Crippen molar-refractivity contribution in [3.05, 3.63) is 99.2 Å². The summed E-state index contributed by atoms with van der Waals surface area (Å²) in [5.41, 5.74) is 3.89. The summed E-state index contributed by atoms with van der Waals surface area (Å²) in [4.78, 5) is 17.6. The maximum Gasteiger partial charge on any atom is 0.350 e. The van der Waals surface area contributed by atoms with Gasteiger partial charge in [-0.25, -0.2) is 14.0 Å². The Labute approximate surface area is 298 Å². The van der Waals surface area contributed by atoms with E-state index >= 15 is 0 Å². The average molecular weight is 707 g/mol. The van der Waals surface area contributed by atoms with Crippen LogP contribution in [0.15, 0.2) is 77.9 Å². The lowest BCUT2D eigenvalue weighted by Crippen LogP contribution is -2.46.